The van der Waals surface area contributed by atoms with Gasteiger partial charge in [0.15, 0.2) is 0 Å². The van der Waals surface area contributed by atoms with Crippen LogP contribution >= 0.6 is 0 Å². The molecule has 3 saturated carbocycles. The van der Waals surface area contributed by atoms with Gasteiger partial charge in [0.2, 0.25) is 5.91 Å². The van der Waals surface area contributed by atoms with Gasteiger partial charge in [-0.3, -0.25) is 4.79 Å². The molecule has 3 N–H and O–H groups in total. The van der Waals surface area contributed by atoms with Crippen molar-refractivity contribution in [2.24, 2.45) is 28.9 Å². The second-order valence-corrected chi connectivity index (χ2v) is 10.6. The second kappa shape index (κ2) is 8.41. The van der Waals surface area contributed by atoms with E-state index in [2.05, 4.69) is 49.5 Å². The molecule has 4 atom stereocenters. The molecule has 1 amide bonds. The molecule has 0 aromatic heterocycles. The summed E-state index contributed by atoms with van der Waals surface area (Å²) in [6.45, 7) is 5.45. The average Bonchev–Trinajstić information content (AvgIpc) is 2.77. The van der Waals surface area contributed by atoms with E-state index in [4.69, 9.17) is 5.73 Å². The van der Waals surface area contributed by atoms with Crippen LogP contribution in [0, 0.1) is 23.2 Å². The van der Waals surface area contributed by atoms with Gasteiger partial charge in [-0.25, -0.2) is 0 Å². The summed E-state index contributed by atoms with van der Waals surface area (Å²) in [7, 11) is 0. The van der Waals surface area contributed by atoms with Crippen molar-refractivity contribution in [3.8, 4) is 0 Å². The Bertz CT molecular complexity index is 696. The molecule has 0 radical (unpaired) electrons. The highest BCUT2D eigenvalue weighted by Crippen LogP contribution is 2.59. The summed E-state index contributed by atoms with van der Waals surface area (Å²) in [5.41, 5.74) is 7.29. The lowest BCUT2D eigenvalue weighted by molar-refractivity contribution is -0.139. The van der Waals surface area contributed by atoms with Crippen LogP contribution in [0.25, 0.3) is 0 Å². The summed E-state index contributed by atoms with van der Waals surface area (Å²) >= 11 is 0. The summed E-state index contributed by atoms with van der Waals surface area (Å²) in [6.07, 6.45) is 11.3. The van der Waals surface area contributed by atoms with E-state index >= 15 is 0 Å². The summed E-state index contributed by atoms with van der Waals surface area (Å²) in [5.74, 6) is 2.39. The number of fused-ring (bicyclic) bond motifs is 2. The number of carbonyl (C=O) groups is 1. The highest BCUT2D eigenvalue weighted by molar-refractivity contribution is 5.83. The van der Waals surface area contributed by atoms with Crippen LogP contribution < -0.4 is 11.1 Å². The average molecular weight is 397 g/mol. The molecule has 29 heavy (non-hydrogen) atoms. The van der Waals surface area contributed by atoms with Crippen LogP contribution in [0.15, 0.2) is 30.3 Å². The van der Waals surface area contributed by atoms with Crippen molar-refractivity contribution in [3.63, 3.8) is 0 Å². The van der Waals surface area contributed by atoms with Crippen molar-refractivity contribution >= 4 is 5.91 Å². The van der Waals surface area contributed by atoms with Gasteiger partial charge in [0.05, 0.1) is 5.41 Å². The quantitative estimate of drug-likeness (QED) is 0.720. The number of nitrogens with one attached hydrogen (secondary N) is 1. The van der Waals surface area contributed by atoms with Crippen molar-refractivity contribution in [2.75, 3.05) is 6.54 Å². The molecule has 1 aromatic carbocycles. The molecular weight excluding hydrogens is 356 g/mol. The van der Waals surface area contributed by atoms with Gasteiger partial charge in [0.25, 0.3) is 0 Å². The zero-order chi connectivity index (χ0) is 20.5. The van der Waals surface area contributed by atoms with Crippen LogP contribution in [0.3, 0.4) is 0 Å². The predicted octanol–water partition coefficient (Wildman–Crippen LogP) is 5.18. The van der Waals surface area contributed by atoms with E-state index < -0.39 is 0 Å². The number of benzene rings is 1. The van der Waals surface area contributed by atoms with Crippen LogP contribution in [0.2, 0.25) is 0 Å². The molecular formula is C26H40N2O. The van der Waals surface area contributed by atoms with Crippen LogP contribution in [0.1, 0.15) is 83.6 Å². The minimum absolute atomic E-state index is 0.182. The molecule has 4 unspecified atom stereocenters. The first-order valence-corrected chi connectivity index (χ1v) is 12.1. The highest BCUT2D eigenvalue weighted by Gasteiger charge is 2.54. The summed E-state index contributed by atoms with van der Waals surface area (Å²) in [5, 5.41) is 3.52. The van der Waals surface area contributed by atoms with Crippen LogP contribution in [0.5, 0.6) is 0 Å². The van der Waals surface area contributed by atoms with Crippen LogP contribution in [-0.4, -0.2) is 18.5 Å². The number of amides is 1. The fraction of sp³-hybridized carbons (Fsp3) is 0.731. The Morgan fingerprint density at radius 3 is 2.48 bits per heavy atom. The van der Waals surface area contributed by atoms with E-state index in [9.17, 15) is 4.79 Å². The van der Waals surface area contributed by atoms with Gasteiger partial charge in [0.1, 0.15) is 0 Å². The summed E-state index contributed by atoms with van der Waals surface area (Å²) in [6, 6.07) is 11.4. The Hall–Kier alpha value is -1.35. The maximum Gasteiger partial charge on any atom is 0.226 e. The lowest BCUT2D eigenvalue weighted by atomic mass is 9.49. The zero-order valence-electron chi connectivity index (χ0n) is 18.5. The highest BCUT2D eigenvalue weighted by atomic mass is 16.2. The molecule has 3 aliphatic carbocycles. The fourth-order valence-electron chi connectivity index (χ4n) is 6.84. The molecule has 3 nitrogen and oxygen atoms in total. The topological polar surface area (TPSA) is 55.1 Å². The summed E-state index contributed by atoms with van der Waals surface area (Å²) < 4.78 is 0. The monoisotopic (exact) mass is 396 g/mol. The zero-order valence-corrected chi connectivity index (χ0v) is 18.5. The number of nitrogens with two attached hydrogens (primary N) is 1. The normalized spacial score (nSPS) is 39.7. The van der Waals surface area contributed by atoms with Crippen LogP contribution in [0.4, 0.5) is 0 Å². The van der Waals surface area contributed by atoms with E-state index in [0.29, 0.717) is 23.8 Å². The molecule has 0 saturated heterocycles. The van der Waals surface area contributed by atoms with Gasteiger partial charge >= 0.3 is 0 Å². The minimum Gasteiger partial charge on any atom is -0.353 e. The number of hydrogen-bond acceptors (Lipinski definition) is 2. The third-order valence-corrected chi connectivity index (χ3v) is 8.93. The van der Waals surface area contributed by atoms with Crippen molar-refractivity contribution in [1.82, 2.24) is 5.32 Å². The standard InChI is InChI=1S/C26H40N2O/c1-3-25(24(29)28-23-11-9-20(17-27)10-12-23)15-21-16-26(18-25,14-13-19(21)2)22-7-5-4-6-8-22/h4-8,19-21,23H,3,9-18,27H2,1-2H3,(H,28,29)/t19?,20-,21?,23-,25?,26?. The Balaban J connectivity index is 1.56. The Kier molecular flexibility index (Phi) is 6.06. The van der Waals surface area contributed by atoms with Gasteiger partial charge in [-0.1, -0.05) is 44.2 Å². The molecule has 3 fully saturated rings. The molecule has 1 aromatic rings. The number of rotatable bonds is 5. The van der Waals surface area contributed by atoms with E-state index in [-0.39, 0.29) is 10.8 Å². The van der Waals surface area contributed by atoms with E-state index in [1.807, 2.05) is 0 Å². The first-order valence-electron chi connectivity index (χ1n) is 12.1. The maximum atomic E-state index is 13.7. The Morgan fingerprint density at radius 2 is 1.83 bits per heavy atom. The van der Waals surface area contributed by atoms with Gasteiger partial charge < -0.3 is 11.1 Å². The molecule has 4 rings (SSSR count). The van der Waals surface area contributed by atoms with Crippen molar-refractivity contribution in [2.45, 2.75) is 89.5 Å². The van der Waals surface area contributed by atoms with Crippen molar-refractivity contribution in [3.05, 3.63) is 35.9 Å². The molecule has 3 aliphatic rings. The first kappa shape index (κ1) is 20.9. The first-order chi connectivity index (χ1) is 14.0. The molecule has 0 heterocycles. The molecule has 0 aliphatic heterocycles. The van der Waals surface area contributed by atoms with Gasteiger partial charge in [-0.2, -0.15) is 0 Å². The van der Waals surface area contributed by atoms with Gasteiger partial charge in [-0.15, -0.1) is 0 Å². The van der Waals surface area contributed by atoms with E-state index in [1.165, 1.54) is 24.8 Å². The third kappa shape index (κ3) is 4.00. The fourth-order valence-corrected chi connectivity index (χ4v) is 6.84. The maximum absolute atomic E-state index is 13.7. The molecule has 160 valence electrons. The van der Waals surface area contributed by atoms with Crippen molar-refractivity contribution < 1.29 is 4.79 Å². The van der Waals surface area contributed by atoms with E-state index in [1.54, 1.807) is 0 Å². The van der Waals surface area contributed by atoms with E-state index in [0.717, 1.165) is 57.4 Å². The van der Waals surface area contributed by atoms with Gasteiger partial charge in [-0.05, 0) is 99.5 Å². The Labute approximate surface area is 177 Å². The number of hydrogen-bond donors (Lipinski definition) is 2. The molecule has 3 heteroatoms. The van der Waals surface area contributed by atoms with Gasteiger partial charge in [0, 0.05) is 6.04 Å². The van der Waals surface area contributed by atoms with Crippen molar-refractivity contribution in [1.29, 1.82) is 0 Å². The summed E-state index contributed by atoms with van der Waals surface area (Å²) in [4.78, 5) is 13.7. The number of carbonyl (C=O) groups excluding carboxylic acids is 1. The molecule has 2 bridgehead atoms. The lowest BCUT2D eigenvalue weighted by Gasteiger charge is -2.55. The largest absolute Gasteiger partial charge is 0.353 e. The van der Waals surface area contributed by atoms with Crippen LogP contribution in [-0.2, 0) is 10.2 Å². The minimum atomic E-state index is -0.210. The third-order valence-electron chi connectivity index (χ3n) is 8.93. The molecule has 0 spiro atoms. The smallest absolute Gasteiger partial charge is 0.226 e. The second-order valence-electron chi connectivity index (χ2n) is 10.6. The Morgan fingerprint density at radius 1 is 1.10 bits per heavy atom. The predicted molar refractivity (Wildman–Crippen MR) is 120 cm³/mol. The lowest BCUT2D eigenvalue weighted by Crippen LogP contribution is -2.55. The SMILES string of the molecule is CCC1(C(=O)N[C@H]2CC[C@H](CN)CC2)CC2CC(c3ccccc3)(CCC2C)C1.